The average Bonchev–Trinajstić information content (AvgIpc) is 2.63. The van der Waals surface area contributed by atoms with Crippen molar-refractivity contribution in [1.82, 2.24) is 9.80 Å². The highest BCUT2D eigenvalue weighted by atomic mass is 15.3. The number of likely N-dealkylation sites (N-methyl/N-ethyl adjacent to an activating group) is 2. The van der Waals surface area contributed by atoms with E-state index in [9.17, 15) is 0 Å². The predicted molar refractivity (Wildman–Crippen MR) is 51.3 cm³/mol. The van der Waals surface area contributed by atoms with Crippen LogP contribution >= 0.6 is 0 Å². The van der Waals surface area contributed by atoms with Gasteiger partial charge in [0.1, 0.15) is 0 Å². The summed E-state index contributed by atoms with van der Waals surface area (Å²) >= 11 is 0. The van der Waals surface area contributed by atoms with Crippen molar-refractivity contribution in [2.75, 3.05) is 33.2 Å². The molecule has 0 aromatic carbocycles. The number of hydrogen-bond donors (Lipinski definition) is 0. The largest absolute Gasteiger partial charge is 0.302 e. The van der Waals surface area contributed by atoms with Crippen molar-refractivity contribution in [3.8, 4) is 0 Å². The molecule has 0 radical (unpaired) electrons. The molecule has 2 fully saturated rings. The summed E-state index contributed by atoms with van der Waals surface area (Å²) in [4.78, 5) is 5.17. The molecule has 0 aromatic heterocycles. The fourth-order valence-corrected chi connectivity index (χ4v) is 2.80. The molecule has 2 aliphatic rings. The first kappa shape index (κ1) is 8.52. The quantitative estimate of drug-likeness (QED) is 0.580. The minimum absolute atomic E-state index is 0.579. The van der Waals surface area contributed by atoms with Gasteiger partial charge in [-0.1, -0.05) is 6.92 Å². The fourth-order valence-electron chi connectivity index (χ4n) is 2.80. The van der Waals surface area contributed by atoms with Gasteiger partial charge in [0, 0.05) is 18.6 Å². The van der Waals surface area contributed by atoms with Crippen molar-refractivity contribution < 1.29 is 0 Å². The maximum Gasteiger partial charge on any atom is 0.0346 e. The number of hydrogen-bond acceptors (Lipinski definition) is 2. The normalized spacial score (nSPS) is 38.5. The maximum absolute atomic E-state index is 2.59. The van der Waals surface area contributed by atoms with Crippen LogP contribution in [0.3, 0.4) is 0 Å². The van der Waals surface area contributed by atoms with Crippen molar-refractivity contribution in [2.24, 2.45) is 0 Å². The first-order valence-corrected chi connectivity index (χ1v) is 5.20. The standard InChI is InChI=1S/C10H20N2/c1-3-12-8-6-10(9-12)5-4-7-11(10)2/h3-9H2,1-2H3. The Kier molecular flexibility index (Phi) is 2.13. The smallest absolute Gasteiger partial charge is 0.0346 e. The Morgan fingerprint density at radius 2 is 2.08 bits per heavy atom. The molecule has 2 heteroatoms. The molecule has 0 bridgehead atoms. The van der Waals surface area contributed by atoms with Crippen LogP contribution in [-0.4, -0.2) is 48.6 Å². The zero-order valence-corrected chi connectivity index (χ0v) is 8.34. The highest BCUT2D eigenvalue weighted by molar-refractivity contribution is 5.01. The minimum Gasteiger partial charge on any atom is -0.302 e. The first-order valence-electron chi connectivity index (χ1n) is 5.20. The molecule has 12 heavy (non-hydrogen) atoms. The summed E-state index contributed by atoms with van der Waals surface area (Å²) in [5.41, 5.74) is 0.579. The van der Waals surface area contributed by atoms with Gasteiger partial charge in [-0.05, 0) is 39.4 Å². The van der Waals surface area contributed by atoms with Gasteiger partial charge in [-0.25, -0.2) is 0 Å². The van der Waals surface area contributed by atoms with E-state index < -0.39 is 0 Å². The molecule has 2 rings (SSSR count). The second-order valence-electron chi connectivity index (χ2n) is 4.37. The van der Waals surface area contributed by atoms with Crippen molar-refractivity contribution in [3.05, 3.63) is 0 Å². The predicted octanol–water partition coefficient (Wildman–Crippen LogP) is 1.18. The molecule has 2 heterocycles. The summed E-state index contributed by atoms with van der Waals surface area (Å²) in [6.07, 6.45) is 4.24. The third-order valence-corrected chi connectivity index (χ3v) is 3.80. The topological polar surface area (TPSA) is 6.48 Å². The Hall–Kier alpha value is -0.0800. The molecule has 1 atom stereocenters. The molecule has 1 unspecified atom stereocenters. The Morgan fingerprint density at radius 3 is 2.58 bits per heavy atom. The van der Waals surface area contributed by atoms with E-state index in [4.69, 9.17) is 0 Å². The van der Waals surface area contributed by atoms with Gasteiger partial charge in [-0.15, -0.1) is 0 Å². The third-order valence-electron chi connectivity index (χ3n) is 3.80. The van der Waals surface area contributed by atoms with Gasteiger partial charge in [0.25, 0.3) is 0 Å². The lowest BCUT2D eigenvalue weighted by Gasteiger charge is -2.31. The summed E-state index contributed by atoms with van der Waals surface area (Å²) in [6.45, 7) is 7.46. The molecule has 1 spiro atoms. The number of rotatable bonds is 1. The zero-order chi connectivity index (χ0) is 8.60. The first-order chi connectivity index (χ1) is 5.77. The Bertz CT molecular complexity index is 169. The monoisotopic (exact) mass is 168 g/mol. The summed E-state index contributed by atoms with van der Waals surface area (Å²) in [6, 6.07) is 0. The van der Waals surface area contributed by atoms with Gasteiger partial charge >= 0.3 is 0 Å². The second kappa shape index (κ2) is 3.00. The van der Waals surface area contributed by atoms with Crippen LogP contribution in [0.15, 0.2) is 0 Å². The third kappa shape index (κ3) is 1.17. The van der Waals surface area contributed by atoms with Crippen LogP contribution in [0.1, 0.15) is 26.2 Å². The van der Waals surface area contributed by atoms with E-state index >= 15 is 0 Å². The van der Waals surface area contributed by atoms with Gasteiger partial charge in [0.2, 0.25) is 0 Å². The van der Waals surface area contributed by atoms with E-state index in [0.29, 0.717) is 5.54 Å². The number of likely N-dealkylation sites (tertiary alicyclic amines) is 2. The van der Waals surface area contributed by atoms with Crippen LogP contribution in [0.4, 0.5) is 0 Å². The molecule has 0 N–H and O–H groups in total. The van der Waals surface area contributed by atoms with E-state index in [-0.39, 0.29) is 0 Å². The number of nitrogens with zero attached hydrogens (tertiary/aromatic N) is 2. The van der Waals surface area contributed by atoms with Crippen molar-refractivity contribution >= 4 is 0 Å². The van der Waals surface area contributed by atoms with E-state index in [1.165, 1.54) is 45.4 Å². The van der Waals surface area contributed by atoms with Crippen LogP contribution < -0.4 is 0 Å². The average molecular weight is 168 g/mol. The van der Waals surface area contributed by atoms with Crippen molar-refractivity contribution in [3.63, 3.8) is 0 Å². The van der Waals surface area contributed by atoms with E-state index in [0.717, 1.165) is 0 Å². The highest BCUT2D eigenvalue weighted by Crippen LogP contribution is 2.35. The van der Waals surface area contributed by atoms with Crippen LogP contribution in [0.25, 0.3) is 0 Å². The molecular formula is C10H20N2. The van der Waals surface area contributed by atoms with Crippen molar-refractivity contribution in [2.45, 2.75) is 31.7 Å². The summed E-state index contributed by atoms with van der Waals surface area (Å²) in [7, 11) is 2.30. The minimum atomic E-state index is 0.579. The SMILES string of the molecule is CCN1CCC2(CCCN2C)C1. The van der Waals surface area contributed by atoms with Crippen LogP contribution in [-0.2, 0) is 0 Å². The molecule has 2 saturated heterocycles. The second-order valence-corrected chi connectivity index (χ2v) is 4.37. The van der Waals surface area contributed by atoms with Gasteiger partial charge < -0.3 is 4.90 Å². The van der Waals surface area contributed by atoms with Crippen LogP contribution in [0.5, 0.6) is 0 Å². The van der Waals surface area contributed by atoms with Crippen LogP contribution in [0.2, 0.25) is 0 Å². The van der Waals surface area contributed by atoms with Gasteiger partial charge in [0.05, 0.1) is 0 Å². The molecule has 2 nitrogen and oxygen atoms in total. The lowest BCUT2D eigenvalue weighted by molar-refractivity contribution is 0.175. The lowest BCUT2D eigenvalue weighted by Crippen LogP contribution is -2.43. The van der Waals surface area contributed by atoms with Gasteiger partial charge in [0.15, 0.2) is 0 Å². The molecule has 0 saturated carbocycles. The highest BCUT2D eigenvalue weighted by Gasteiger charge is 2.43. The zero-order valence-electron chi connectivity index (χ0n) is 8.34. The molecule has 0 aromatic rings. The Balaban J connectivity index is 2.04. The van der Waals surface area contributed by atoms with E-state index in [1.54, 1.807) is 0 Å². The molecule has 2 aliphatic heterocycles. The van der Waals surface area contributed by atoms with Gasteiger partial charge in [-0.2, -0.15) is 0 Å². The van der Waals surface area contributed by atoms with Crippen molar-refractivity contribution in [1.29, 1.82) is 0 Å². The Morgan fingerprint density at radius 1 is 1.25 bits per heavy atom. The molecule has 0 amide bonds. The summed E-state index contributed by atoms with van der Waals surface area (Å²) in [5.74, 6) is 0. The van der Waals surface area contributed by atoms with Crippen LogP contribution in [0, 0.1) is 0 Å². The summed E-state index contributed by atoms with van der Waals surface area (Å²) < 4.78 is 0. The molecular weight excluding hydrogens is 148 g/mol. The maximum atomic E-state index is 2.59. The van der Waals surface area contributed by atoms with Gasteiger partial charge in [-0.3, -0.25) is 4.90 Å². The van der Waals surface area contributed by atoms with E-state index in [1.807, 2.05) is 0 Å². The summed E-state index contributed by atoms with van der Waals surface area (Å²) in [5, 5.41) is 0. The lowest BCUT2D eigenvalue weighted by atomic mass is 9.96. The Labute approximate surface area is 75.5 Å². The molecule has 0 aliphatic carbocycles. The molecule has 70 valence electrons. The van der Waals surface area contributed by atoms with E-state index in [2.05, 4.69) is 23.8 Å². The fraction of sp³-hybridized carbons (Fsp3) is 1.00.